The lowest BCUT2D eigenvalue weighted by atomic mass is 9.84. The minimum atomic E-state index is -0.290. The molecular formula is C22H20N4O. The van der Waals surface area contributed by atoms with Crippen molar-refractivity contribution in [2.45, 2.75) is 26.2 Å². The van der Waals surface area contributed by atoms with E-state index in [0.29, 0.717) is 11.5 Å². The van der Waals surface area contributed by atoms with E-state index in [1.54, 1.807) is 4.68 Å². The Hall–Kier alpha value is -3.52. The summed E-state index contributed by atoms with van der Waals surface area (Å²) in [5.41, 5.74) is 11.4. The van der Waals surface area contributed by atoms with Crippen LogP contribution >= 0.6 is 0 Å². The molecule has 27 heavy (non-hydrogen) atoms. The zero-order valence-electron chi connectivity index (χ0n) is 15.3. The van der Waals surface area contributed by atoms with E-state index in [0.717, 1.165) is 28.9 Å². The minimum absolute atomic E-state index is 0.131. The van der Waals surface area contributed by atoms with E-state index in [-0.39, 0.29) is 11.8 Å². The molecule has 0 radical (unpaired) electrons. The van der Waals surface area contributed by atoms with E-state index >= 15 is 0 Å². The van der Waals surface area contributed by atoms with Gasteiger partial charge in [0.15, 0.2) is 0 Å². The highest BCUT2D eigenvalue weighted by Crippen LogP contribution is 2.44. The summed E-state index contributed by atoms with van der Waals surface area (Å²) < 4.78 is 7.62. The monoisotopic (exact) mass is 356 g/mol. The molecule has 0 aliphatic carbocycles. The maximum absolute atomic E-state index is 9.74. The Balaban J connectivity index is 1.92. The van der Waals surface area contributed by atoms with Gasteiger partial charge in [0.1, 0.15) is 11.6 Å². The third-order valence-corrected chi connectivity index (χ3v) is 4.95. The fourth-order valence-electron chi connectivity index (χ4n) is 3.54. The van der Waals surface area contributed by atoms with E-state index in [9.17, 15) is 5.26 Å². The van der Waals surface area contributed by atoms with Crippen molar-refractivity contribution in [3.8, 4) is 17.6 Å². The highest BCUT2D eigenvalue weighted by atomic mass is 16.5. The number of aryl methyl sites for hydroxylation is 2. The predicted octanol–water partition coefficient (Wildman–Crippen LogP) is 3.96. The second kappa shape index (κ2) is 6.65. The number of hydrogen-bond acceptors (Lipinski definition) is 4. The maximum atomic E-state index is 9.74. The molecule has 2 heterocycles. The molecule has 5 heteroatoms. The van der Waals surface area contributed by atoms with Crippen molar-refractivity contribution in [1.82, 2.24) is 9.78 Å². The van der Waals surface area contributed by atoms with Crippen molar-refractivity contribution >= 4 is 0 Å². The summed E-state index contributed by atoms with van der Waals surface area (Å²) in [6.07, 6.45) is 0.966. The molecule has 5 nitrogen and oxygen atoms in total. The van der Waals surface area contributed by atoms with Crippen LogP contribution in [0.25, 0.3) is 5.69 Å². The molecule has 0 amide bonds. The van der Waals surface area contributed by atoms with Crippen LogP contribution in [0.1, 0.15) is 35.2 Å². The smallest absolute Gasteiger partial charge is 0.229 e. The second-order valence-electron chi connectivity index (χ2n) is 6.57. The Kier molecular flexibility index (Phi) is 4.17. The van der Waals surface area contributed by atoms with E-state index in [2.05, 4.69) is 42.4 Å². The van der Waals surface area contributed by atoms with Gasteiger partial charge in [0, 0.05) is 0 Å². The van der Waals surface area contributed by atoms with Gasteiger partial charge in [-0.25, -0.2) is 4.68 Å². The van der Waals surface area contributed by atoms with Gasteiger partial charge in [0.25, 0.3) is 0 Å². The Labute approximate surface area is 158 Å². The van der Waals surface area contributed by atoms with Crippen LogP contribution in [0.2, 0.25) is 0 Å². The van der Waals surface area contributed by atoms with E-state index in [1.807, 2.05) is 37.3 Å². The van der Waals surface area contributed by atoms with Gasteiger partial charge in [-0.05, 0) is 36.6 Å². The van der Waals surface area contributed by atoms with Crippen molar-refractivity contribution in [3.63, 3.8) is 0 Å². The molecule has 1 aromatic heterocycles. The Morgan fingerprint density at radius 1 is 1.15 bits per heavy atom. The molecule has 1 unspecified atom stereocenters. The van der Waals surface area contributed by atoms with Gasteiger partial charge in [-0.2, -0.15) is 10.4 Å². The molecule has 3 aromatic rings. The summed E-state index contributed by atoms with van der Waals surface area (Å²) in [7, 11) is 0. The molecular weight excluding hydrogens is 336 g/mol. The molecule has 134 valence electrons. The van der Waals surface area contributed by atoms with Crippen LogP contribution < -0.4 is 10.5 Å². The first-order chi connectivity index (χ1) is 13.1. The van der Waals surface area contributed by atoms with Crippen LogP contribution in [0.5, 0.6) is 5.88 Å². The average Bonchev–Trinajstić information content (AvgIpc) is 3.03. The molecule has 0 fully saturated rings. The van der Waals surface area contributed by atoms with E-state index < -0.39 is 0 Å². The summed E-state index contributed by atoms with van der Waals surface area (Å²) in [6.45, 7) is 4.06. The summed E-state index contributed by atoms with van der Waals surface area (Å²) in [4.78, 5) is 0. The van der Waals surface area contributed by atoms with Gasteiger partial charge in [-0.1, -0.05) is 49.4 Å². The van der Waals surface area contributed by atoms with Crippen molar-refractivity contribution in [3.05, 3.63) is 88.4 Å². The molecule has 0 spiro atoms. The summed E-state index contributed by atoms with van der Waals surface area (Å²) in [6, 6.07) is 20.3. The molecule has 0 saturated carbocycles. The molecule has 0 saturated heterocycles. The summed E-state index contributed by atoms with van der Waals surface area (Å²) >= 11 is 0. The summed E-state index contributed by atoms with van der Waals surface area (Å²) in [5.74, 6) is 0.411. The van der Waals surface area contributed by atoms with Gasteiger partial charge < -0.3 is 10.5 Å². The molecule has 1 atom stereocenters. The zero-order chi connectivity index (χ0) is 19.0. The Morgan fingerprint density at radius 2 is 1.85 bits per heavy atom. The van der Waals surface area contributed by atoms with Gasteiger partial charge in [-0.15, -0.1) is 0 Å². The first-order valence-electron chi connectivity index (χ1n) is 8.95. The SMILES string of the molecule is CCc1ccc(C2C(C#N)=C(N)Oc3c2c(C)nn3-c2ccccc2)cc1. The lowest BCUT2D eigenvalue weighted by Gasteiger charge is -2.25. The molecule has 2 N–H and O–H groups in total. The van der Waals surface area contributed by atoms with Crippen molar-refractivity contribution < 1.29 is 4.74 Å². The van der Waals surface area contributed by atoms with E-state index in [1.165, 1.54) is 5.56 Å². The number of nitrogens with two attached hydrogens (primary N) is 1. The number of benzene rings is 2. The Bertz CT molecular complexity index is 1060. The molecule has 0 bridgehead atoms. The van der Waals surface area contributed by atoms with Crippen molar-refractivity contribution in [1.29, 1.82) is 5.26 Å². The van der Waals surface area contributed by atoms with Crippen molar-refractivity contribution in [2.24, 2.45) is 5.73 Å². The standard InChI is InChI=1S/C22H20N4O/c1-3-15-9-11-16(12-10-15)20-18(13-23)21(24)27-22-19(20)14(2)25-26(22)17-7-5-4-6-8-17/h4-12,20H,3,24H2,1-2H3. The van der Waals surface area contributed by atoms with Crippen LogP contribution in [0, 0.1) is 18.3 Å². The highest BCUT2D eigenvalue weighted by molar-refractivity contribution is 5.57. The number of para-hydroxylation sites is 1. The number of ether oxygens (including phenoxy) is 1. The highest BCUT2D eigenvalue weighted by Gasteiger charge is 2.36. The number of rotatable bonds is 3. The fraction of sp³-hybridized carbons (Fsp3) is 0.182. The largest absolute Gasteiger partial charge is 0.422 e. The number of nitrogens with zero attached hydrogens (tertiary/aromatic N) is 3. The zero-order valence-corrected chi connectivity index (χ0v) is 15.3. The molecule has 4 rings (SSSR count). The molecule has 1 aliphatic rings. The Morgan fingerprint density at radius 3 is 2.48 bits per heavy atom. The van der Waals surface area contributed by atoms with Gasteiger partial charge in [-0.3, -0.25) is 0 Å². The van der Waals surface area contributed by atoms with Gasteiger partial charge >= 0.3 is 0 Å². The fourth-order valence-corrected chi connectivity index (χ4v) is 3.54. The number of hydrogen-bond donors (Lipinski definition) is 1. The number of allylic oxidation sites excluding steroid dienone is 1. The van der Waals surface area contributed by atoms with Crippen LogP contribution in [-0.2, 0) is 6.42 Å². The number of fused-ring (bicyclic) bond motifs is 1. The first-order valence-corrected chi connectivity index (χ1v) is 8.95. The number of aromatic nitrogens is 2. The topological polar surface area (TPSA) is 76.9 Å². The average molecular weight is 356 g/mol. The van der Waals surface area contributed by atoms with Crippen LogP contribution in [0.15, 0.2) is 66.1 Å². The molecule has 1 aliphatic heterocycles. The lowest BCUT2D eigenvalue weighted by molar-refractivity contribution is 0.367. The third kappa shape index (κ3) is 2.76. The first kappa shape index (κ1) is 16.9. The normalized spacial score (nSPS) is 15.8. The van der Waals surface area contributed by atoms with Crippen LogP contribution in [0.3, 0.4) is 0 Å². The minimum Gasteiger partial charge on any atom is -0.422 e. The second-order valence-corrected chi connectivity index (χ2v) is 6.57. The number of nitriles is 1. The van der Waals surface area contributed by atoms with Crippen LogP contribution in [-0.4, -0.2) is 9.78 Å². The van der Waals surface area contributed by atoms with Crippen molar-refractivity contribution in [2.75, 3.05) is 0 Å². The predicted molar refractivity (Wildman–Crippen MR) is 103 cm³/mol. The van der Waals surface area contributed by atoms with Gasteiger partial charge in [0.05, 0.1) is 22.9 Å². The third-order valence-electron chi connectivity index (χ3n) is 4.95. The van der Waals surface area contributed by atoms with Crippen LogP contribution in [0.4, 0.5) is 0 Å². The lowest BCUT2D eigenvalue weighted by Crippen LogP contribution is -2.22. The summed E-state index contributed by atoms with van der Waals surface area (Å²) in [5, 5.41) is 14.4. The van der Waals surface area contributed by atoms with Gasteiger partial charge in [0.2, 0.25) is 11.8 Å². The molecule has 2 aromatic carbocycles. The maximum Gasteiger partial charge on any atom is 0.229 e. The van der Waals surface area contributed by atoms with E-state index in [4.69, 9.17) is 10.5 Å². The quantitative estimate of drug-likeness (QED) is 0.770.